The van der Waals surface area contributed by atoms with Gasteiger partial charge in [0.25, 0.3) is 0 Å². The van der Waals surface area contributed by atoms with Gasteiger partial charge in [0, 0.05) is 12.6 Å². The Bertz CT molecular complexity index is 433. The van der Waals surface area contributed by atoms with Crippen LogP contribution in [-0.4, -0.2) is 58.6 Å². The van der Waals surface area contributed by atoms with Crippen LogP contribution >= 0.6 is 0 Å². The molecule has 1 unspecified atom stereocenters. The minimum Gasteiger partial charge on any atom is -0.385 e. The highest BCUT2D eigenvalue weighted by Crippen LogP contribution is 2.31. The van der Waals surface area contributed by atoms with Crippen molar-refractivity contribution in [2.24, 2.45) is 5.92 Å². The lowest BCUT2D eigenvalue weighted by Gasteiger charge is -2.46. The summed E-state index contributed by atoms with van der Waals surface area (Å²) in [5, 5.41) is 18.7. The molecule has 1 atom stereocenters. The lowest BCUT2D eigenvalue weighted by Crippen LogP contribution is -2.64. The van der Waals surface area contributed by atoms with E-state index in [9.17, 15) is 9.90 Å². The van der Waals surface area contributed by atoms with Gasteiger partial charge in [0.2, 0.25) is 5.91 Å². The van der Waals surface area contributed by atoms with Gasteiger partial charge in [-0.1, -0.05) is 19.3 Å². The second-order valence-electron chi connectivity index (χ2n) is 7.03. The van der Waals surface area contributed by atoms with Crippen LogP contribution in [0.1, 0.15) is 44.9 Å². The summed E-state index contributed by atoms with van der Waals surface area (Å²) in [7, 11) is 0. The first-order chi connectivity index (χ1) is 10.1. The van der Waals surface area contributed by atoms with Crippen LogP contribution in [-0.2, 0) is 4.79 Å². The second-order valence-corrected chi connectivity index (χ2v) is 7.03. The van der Waals surface area contributed by atoms with Crippen LogP contribution in [0.5, 0.6) is 0 Å². The van der Waals surface area contributed by atoms with Gasteiger partial charge in [-0.25, -0.2) is 0 Å². The molecule has 0 aromatic rings. The SMILES string of the molecule is N#CCC1(O)CN(C(=O)C2CCN(C3CCCCC3)C2)C1. The second kappa shape index (κ2) is 5.94. The third-order valence-electron chi connectivity index (χ3n) is 5.35. The Kier molecular flexibility index (Phi) is 4.19. The molecule has 2 heterocycles. The number of rotatable bonds is 3. The minimum absolute atomic E-state index is 0.0959. The van der Waals surface area contributed by atoms with Crippen molar-refractivity contribution in [3.63, 3.8) is 0 Å². The molecule has 0 spiro atoms. The van der Waals surface area contributed by atoms with Crippen molar-refractivity contribution in [1.29, 1.82) is 5.26 Å². The highest BCUT2D eigenvalue weighted by Gasteiger charge is 2.46. The van der Waals surface area contributed by atoms with E-state index in [0.29, 0.717) is 19.1 Å². The molecule has 0 bridgehead atoms. The van der Waals surface area contributed by atoms with E-state index in [1.165, 1.54) is 32.1 Å². The number of amides is 1. The van der Waals surface area contributed by atoms with Gasteiger partial charge in [-0.05, 0) is 25.8 Å². The van der Waals surface area contributed by atoms with Gasteiger partial charge in [0.1, 0.15) is 5.60 Å². The largest absolute Gasteiger partial charge is 0.385 e. The maximum Gasteiger partial charge on any atom is 0.227 e. The number of likely N-dealkylation sites (tertiary alicyclic amines) is 2. The third kappa shape index (κ3) is 3.07. The molecule has 3 aliphatic rings. The van der Waals surface area contributed by atoms with Gasteiger partial charge in [-0.3, -0.25) is 9.69 Å². The Hall–Kier alpha value is -1.12. The molecule has 3 rings (SSSR count). The normalized spacial score (nSPS) is 29.9. The number of carbonyl (C=O) groups is 1. The van der Waals surface area contributed by atoms with E-state index in [4.69, 9.17) is 5.26 Å². The molecule has 116 valence electrons. The Balaban J connectivity index is 1.48. The summed E-state index contributed by atoms with van der Waals surface area (Å²) in [5.41, 5.74) is -0.952. The van der Waals surface area contributed by atoms with E-state index in [0.717, 1.165) is 19.5 Å². The zero-order valence-corrected chi connectivity index (χ0v) is 12.6. The lowest BCUT2D eigenvalue weighted by atomic mass is 9.89. The molecule has 3 fully saturated rings. The first kappa shape index (κ1) is 14.8. The fraction of sp³-hybridized carbons (Fsp3) is 0.875. The fourth-order valence-electron chi connectivity index (χ4n) is 4.10. The molecular formula is C16H25N3O2. The standard InChI is InChI=1S/C16H25N3O2/c17-8-7-16(21)11-19(12-16)15(20)13-6-9-18(10-13)14-4-2-1-3-5-14/h13-14,21H,1-7,9-12H2. The minimum atomic E-state index is -0.952. The van der Waals surface area contributed by atoms with E-state index in [2.05, 4.69) is 4.90 Å². The molecule has 0 radical (unpaired) electrons. The van der Waals surface area contributed by atoms with E-state index >= 15 is 0 Å². The van der Waals surface area contributed by atoms with Gasteiger partial charge in [0.05, 0.1) is 31.5 Å². The average molecular weight is 291 g/mol. The topological polar surface area (TPSA) is 67.6 Å². The molecular weight excluding hydrogens is 266 g/mol. The number of aliphatic hydroxyl groups is 1. The number of nitriles is 1. The van der Waals surface area contributed by atoms with E-state index in [1.807, 2.05) is 6.07 Å². The molecule has 5 nitrogen and oxygen atoms in total. The van der Waals surface area contributed by atoms with Crippen molar-refractivity contribution in [2.45, 2.75) is 56.6 Å². The molecule has 21 heavy (non-hydrogen) atoms. The number of β-amino-alcohol motifs (C(OH)–C–C–N with tert-alkyl or cyclic N) is 1. The molecule has 2 aliphatic heterocycles. The number of carbonyl (C=O) groups excluding carboxylic acids is 1. The van der Waals surface area contributed by atoms with Crippen LogP contribution in [0.2, 0.25) is 0 Å². The van der Waals surface area contributed by atoms with Crippen LogP contribution in [0.25, 0.3) is 0 Å². The van der Waals surface area contributed by atoms with Gasteiger partial charge in [0.15, 0.2) is 0 Å². The highest BCUT2D eigenvalue weighted by molar-refractivity contribution is 5.80. The predicted molar refractivity (Wildman–Crippen MR) is 78.3 cm³/mol. The summed E-state index contributed by atoms with van der Waals surface area (Å²) in [6.45, 7) is 2.59. The Morgan fingerprint density at radius 1 is 1.24 bits per heavy atom. The van der Waals surface area contributed by atoms with Crippen molar-refractivity contribution < 1.29 is 9.90 Å². The van der Waals surface area contributed by atoms with Crippen molar-refractivity contribution in [3.8, 4) is 6.07 Å². The molecule has 0 aromatic carbocycles. The molecule has 1 N–H and O–H groups in total. The predicted octanol–water partition coefficient (Wildman–Crippen LogP) is 1.13. The zero-order chi connectivity index (χ0) is 14.9. The van der Waals surface area contributed by atoms with Gasteiger partial charge < -0.3 is 10.0 Å². The summed E-state index contributed by atoms with van der Waals surface area (Å²) in [6, 6.07) is 2.68. The Labute approximate surface area is 126 Å². The highest BCUT2D eigenvalue weighted by atomic mass is 16.3. The smallest absolute Gasteiger partial charge is 0.227 e. The molecule has 1 saturated carbocycles. The lowest BCUT2D eigenvalue weighted by molar-refractivity contribution is -0.158. The van der Waals surface area contributed by atoms with E-state index < -0.39 is 5.60 Å². The average Bonchev–Trinajstić information content (AvgIpc) is 2.95. The Morgan fingerprint density at radius 2 is 1.95 bits per heavy atom. The summed E-state index contributed by atoms with van der Waals surface area (Å²) in [5.74, 6) is 0.273. The Morgan fingerprint density at radius 3 is 2.62 bits per heavy atom. The molecule has 2 saturated heterocycles. The first-order valence-corrected chi connectivity index (χ1v) is 8.23. The monoisotopic (exact) mass is 291 g/mol. The number of hydrogen-bond acceptors (Lipinski definition) is 4. The third-order valence-corrected chi connectivity index (χ3v) is 5.35. The molecule has 1 aliphatic carbocycles. The summed E-state index contributed by atoms with van der Waals surface area (Å²) < 4.78 is 0. The maximum atomic E-state index is 12.5. The van der Waals surface area contributed by atoms with Crippen LogP contribution in [0.15, 0.2) is 0 Å². The van der Waals surface area contributed by atoms with Gasteiger partial charge >= 0.3 is 0 Å². The molecule has 0 aromatic heterocycles. The van der Waals surface area contributed by atoms with Crippen LogP contribution in [0.4, 0.5) is 0 Å². The fourth-order valence-corrected chi connectivity index (χ4v) is 4.10. The maximum absolute atomic E-state index is 12.5. The van der Waals surface area contributed by atoms with E-state index in [-0.39, 0.29) is 18.2 Å². The summed E-state index contributed by atoms with van der Waals surface area (Å²) in [4.78, 5) is 16.7. The molecule has 1 amide bonds. The zero-order valence-electron chi connectivity index (χ0n) is 12.6. The number of hydrogen-bond donors (Lipinski definition) is 1. The van der Waals surface area contributed by atoms with Crippen molar-refractivity contribution in [2.75, 3.05) is 26.2 Å². The van der Waals surface area contributed by atoms with Crippen LogP contribution < -0.4 is 0 Å². The van der Waals surface area contributed by atoms with Crippen molar-refractivity contribution >= 4 is 5.91 Å². The summed E-state index contributed by atoms with van der Waals surface area (Å²) >= 11 is 0. The first-order valence-electron chi connectivity index (χ1n) is 8.23. The van der Waals surface area contributed by atoms with Crippen LogP contribution in [0, 0.1) is 17.2 Å². The molecule has 5 heteroatoms. The number of nitrogens with zero attached hydrogens (tertiary/aromatic N) is 3. The van der Waals surface area contributed by atoms with Gasteiger partial charge in [-0.2, -0.15) is 5.26 Å². The van der Waals surface area contributed by atoms with Crippen molar-refractivity contribution in [3.05, 3.63) is 0 Å². The quantitative estimate of drug-likeness (QED) is 0.846. The van der Waals surface area contributed by atoms with Gasteiger partial charge in [-0.15, -0.1) is 0 Å². The summed E-state index contributed by atoms with van der Waals surface area (Å²) in [6.07, 6.45) is 7.65. The van der Waals surface area contributed by atoms with Crippen LogP contribution in [0.3, 0.4) is 0 Å². The van der Waals surface area contributed by atoms with E-state index in [1.54, 1.807) is 4.90 Å². The van der Waals surface area contributed by atoms with Crippen molar-refractivity contribution in [1.82, 2.24) is 9.80 Å².